The summed E-state index contributed by atoms with van der Waals surface area (Å²) in [5.41, 5.74) is 2.19. The van der Waals surface area contributed by atoms with Gasteiger partial charge < -0.3 is 10.2 Å². The largest absolute Gasteiger partial charge is 0.508 e. The third-order valence-corrected chi connectivity index (χ3v) is 3.29. The van der Waals surface area contributed by atoms with E-state index in [1.807, 2.05) is 31.2 Å². The van der Waals surface area contributed by atoms with E-state index in [0.717, 1.165) is 11.1 Å². The number of aryl methyl sites for hydroxylation is 1. The molecular weight excluding hydrogens is 224 g/mol. The van der Waals surface area contributed by atoms with Crippen molar-refractivity contribution in [2.75, 3.05) is 0 Å². The molecular formula is C16H18O2. The first kappa shape index (κ1) is 12.7. The number of aliphatic hydroxyl groups is 1. The minimum atomic E-state index is -0.931. The fourth-order valence-corrected chi connectivity index (χ4v) is 2.10. The van der Waals surface area contributed by atoms with E-state index in [0.29, 0.717) is 6.42 Å². The number of phenols is 1. The second-order valence-corrected chi connectivity index (χ2v) is 4.92. The normalized spacial score (nSPS) is 14.2. The van der Waals surface area contributed by atoms with Crippen LogP contribution in [0.15, 0.2) is 48.5 Å². The van der Waals surface area contributed by atoms with E-state index >= 15 is 0 Å². The van der Waals surface area contributed by atoms with Crippen LogP contribution in [0.5, 0.6) is 5.75 Å². The fourth-order valence-electron chi connectivity index (χ4n) is 2.10. The number of phenolic OH excluding ortho intramolecular Hbond substituents is 1. The van der Waals surface area contributed by atoms with Crippen LogP contribution in [0.3, 0.4) is 0 Å². The SMILES string of the molecule is Cc1ccccc1CC(C)(O)c1ccc(O)cc1. The average Bonchev–Trinajstić information content (AvgIpc) is 2.32. The van der Waals surface area contributed by atoms with E-state index in [1.165, 1.54) is 5.56 Å². The molecule has 0 bridgehead atoms. The van der Waals surface area contributed by atoms with Crippen molar-refractivity contribution < 1.29 is 10.2 Å². The molecule has 0 fully saturated rings. The van der Waals surface area contributed by atoms with Crippen molar-refractivity contribution in [3.8, 4) is 5.75 Å². The molecule has 18 heavy (non-hydrogen) atoms. The molecule has 0 radical (unpaired) electrons. The molecule has 0 aliphatic carbocycles. The molecule has 0 aromatic heterocycles. The van der Waals surface area contributed by atoms with Gasteiger partial charge in [-0.25, -0.2) is 0 Å². The van der Waals surface area contributed by atoms with Crippen LogP contribution in [0.2, 0.25) is 0 Å². The van der Waals surface area contributed by atoms with Gasteiger partial charge in [0.15, 0.2) is 0 Å². The van der Waals surface area contributed by atoms with Gasteiger partial charge in [0.05, 0.1) is 5.60 Å². The number of hydrogen-bond acceptors (Lipinski definition) is 2. The molecule has 0 saturated heterocycles. The Morgan fingerprint density at radius 1 is 1.00 bits per heavy atom. The highest BCUT2D eigenvalue weighted by atomic mass is 16.3. The maximum Gasteiger partial charge on any atom is 0.115 e. The third-order valence-electron chi connectivity index (χ3n) is 3.29. The lowest BCUT2D eigenvalue weighted by Gasteiger charge is -2.25. The lowest BCUT2D eigenvalue weighted by Crippen LogP contribution is -2.24. The van der Waals surface area contributed by atoms with E-state index in [-0.39, 0.29) is 5.75 Å². The summed E-state index contributed by atoms with van der Waals surface area (Å²) in [6.07, 6.45) is 0.560. The Morgan fingerprint density at radius 3 is 2.22 bits per heavy atom. The Labute approximate surface area is 108 Å². The molecule has 2 aromatic rings. The van der Waals surface area contributed by atoms with E-state index in [9.17, 15) is 10.2 Å². The molecule has 2 nitrogen and oxygen atoms in total. The lowest BCUT2D eigenvalue weighted by atomic mass is 9.87. The maximum atomic E-state index is 10.6. The van der Waals surface area contributed by atoms with E-state index < -0.39 is 5.60 Å². The van der Waals surface area contributed by atoms with Gasteiger partial charge >= 0.3 is 0 Å². The molecule has 2 aromatic carbocycles. The van der Waals surface area contributed by atoms with Crippen molar-refractivity contribution in [3.63, 3.8) is 0 Å². The first-order valence-electron chi connectivity index (χ1n) is 6.05. The molecule has 0 amide bonds. The van der Waals surface area contributed by atoms with E-state index in [1.54, 1.807) is 31.2 Å². The van der Waals surface area contributed by atoms with Crippen molar-refractivity contribution in [2.45, 2.75) is 25.9 Å². The zero-order valence-electron chi connectivity index (χ0n) is 10.7. The van der Waals surface area contributed by atoms with Gasteiger partial charge in [-0.2, -0.15) is 0 Å². The quantitative estimate of drug-likeness (QED) is 0.868. The molecule has 1 atom stereocenters. The minimum absolute atomic E-state index is 0.213. The van der Waals surface area contributed by atoms with Crippen LogP contribution in [-0.2, 0) is 12.0 Å². The van der Waals surface area contributed by atoms with Crippen molar-refractivity contribution in [3.05, 3.63) is 65.2 Å². The number of aromatic hydroxyl groups is 1. The highest BCUT2D eigenvalue weighted by molar-refractivity contribution is 5.33. The molecule has 2 N–H and O–H groups in total. The number of benzene rings is 2. The van der Waals surface area contributed by atoms with E-state index in [2.05, 4.69) is 0 Å². The van der Waals surface area contributed by atoms with Crippen LogP contribution in [0, 0.1) is 6.92 Å². The molecule has 0 heterocycles. The standard InChI is InChI=1S/C16H18O2/c1-12-5-3-4-6-13(12)11-16(2,18)14-7-9-15(17)10-8-14/h3-10,17-18H,11H2,1-2H3. The Bertz CT molecular complexity index is 527. The molecule has 0 saturated carbocycles. The van der Waals surface area contributed by atoms with Crippen LogP contribution >= 0.6 is 0 Å². The first-order chi connectivity index (χ1) is 8.49. The number of rotatable bonds is 3. The van der Waals surface area contributed by atoms with Crippen molar-refractivity contribution in [2.24, 2.45) is 0 Å². The zero-order chi connectivity index (χ0) is 13.2. The first-order valence-corrected chi connectivity index (χ1v) is 6.05. The van der Waals surface area contributed by atoms with Crippen molar-refractivity contribution in [1.82, 2.24) is 0 Å². The van der Waals surface area contributed by atoms with Gasteiger partial charge in [-0.05, 0) is 42.7 Å². The third kappa shape index (κ3) is 2.71. The Balaban J connectivity index is 2.27. The average molecular weight is 242 g/mol. The van der Waals surface area contributed by atoms with Crippen LogP contribution in [0.1, 0.15) is 23.6 Å². The summed E-state index contributed by atoms with van der Waals surface area (Å²) in [6.45, 7) is 3.84. The molecule has 0 spiro atoms. The van der Waals surface area contributed by atoms with Gasteiger partial charge in [0.2, 0.25) is 0 Å². The minimum Gasteiger partial charge on any atom is -0.508 e. The monoisotopic (exact) mass is 242 g/mol. The van der Waals surface area contributed by atoms with Gasteiger partial charge in [-0.15, -0.1) is 0 Å². The van der Waals surface area contributed by atoms with Crippen LogP contribution < -0.4 is 0 Å². The fraction of sp³-hybridized carbons (Fsp3) is 0.250. The summed E-state index contributed by atoms with van der Waals surface area (Å²) >= 11 is 0. The van der Waals surface area contributed by atoms with Gasteiger partial charge in [0.1, 0.15) is 5.75 Å². The summed E-state index contributed by atoms with van der Waals surface area (Å²) in [4.78, 5) is 0. The van der Waals surface area contributed by atoms with Gasteiger partial charge in [0.25, 0.3) is 0 Å². The summed E-state index contributed by atoms with van der Waals surface area (Å²) in [5.74, 6) is 0.213. The molecule has 0 aliphatic rings. The summed E-state index contributed by atoms with van der Waals surface area (Å²) in [7, 11) is 0. The second kappa shape index (κ2) is 4.83. The van der Waals surface area contributed by atoms with Crippen LogP contribution in [-0.4, -0.2) is 10.2 Å². The highest BCUT2D eigenvalue weighted by Crippen LogP contribution is 2.27. The van der Waals surface area contributed by atoms with Crippen LogP contribution in [0.4, 0.5) is 0 Å². The van der Waals surface area contributed by atoms with E-state index in [4.69, 9.17) is 0 Å². The van der Waals surface area contributed by atoms with Gasteiger partial charge in [-0.1, -0.05) is 36.4 Å². The van der Waals surface area contributed by atoms with Crippen LogP contribution in [0.25, 0.3) is 0 Å². The van der Waals surface area contributed by atoms with Gasteiger partial charge in [0, 0.05) is 6.42 Å². The molecule has 0 aliphatic heterocycles. The second-order valence-electron chi connectivity index (χ2n) is 4.92. The lowest BCUT2D eigenvalue weighted by molar-refractivity contribution is 0.0574. The van der Waals surface area contributed by atoms with Crippen molar-refractivity contribution in [1.29, 1.82) is 0 Å². The molecule has 2 rings (SSSR count). The summed E-state index contributed by atoms with van der Waals surface area (Å²) in [5, 5.41) is 19.8. The summed E-state index contributed by atoms with van der Waals surface area (Å²) in [6, 6.07) is 14.8. The molecule has 2 heteroatoms. The number of hydrogen-bond donors (Lipinski definition) is 2. The Hall–Kier alpha value is -1.80. The molecule has 1 unspecified atom stereocenters. The maximum absolute atomic E-state index is 10.6. The molecule has 94 valence electrons. The Morgan fingerprint density at radius 2 is 1.61 bits per heavy atom. The highest BCUT2D eigenvalue weighted by Gasteiger charge is 2.24. The predicted octanol–water partition coefficient (Wildman–Crippen LogP) is 3.15. The topological polar surface area (TPSA) is 40.5 Å². The summed E-state index contributed by atoms with van der Waals surface area (Å²) < 4.78 is 0. The zero-order valence-corrected chi connectivity index (χ0v) is 10.7. The predicted molar refractivity (Wildman–Crippen MR) is 72.6 cm³/mol. The van der Waals surface area contributed by atoms with Crippen molar-refractivity contribution >= 4 is 0 Å². The smallest absolute Gasteiger partial charge is 0.115 e. The van der Waals surface area contributed by atoms with Gasteiger partial charge in [-0.3, -0.25) is 0 Å². The Kier molecular flexibility index (Phi) is 3.39.